The Morgan fingerprint density at radius 2 is 1.95 bits per heavy atom. The zero-order valence-electron chi connectivity index (χ0n) is 11.9. The van der Waals surface area contributed by atoms with Crippen molar-refractivity contribution in [2.24, 2.45) is 0 Å². The Morgan fingerprint density at radius 3 is 2.76 bits per heavy atom. The van der Waals surface area contributed by atoms with Gasteiger partial charge in [-0.05, 0) is 25.1 Å². The van der Waals surface area contributed by atoms with E-state index >= 15 is 0 Å². The zero-order chi connectivity index (χ0) is 14.4. The van der Waals surface area contributed by atoms with Gasteiger partial charge in [-0.2, -0.15) is 0 Å². The molecule has 1 N–H and O–H groups in total. The molecule has 4 rings (SSSR count). The Bertz CT molecular complexity index is 819. The van der Waals surface area contributed by atoms with E-state index in [2.05, 4.69) is 34.3 Å². The predicted molar refractivity (Wildman–Crippen MR) is 83.9 cm³/mol. The van der Waals surface area contributed by atoms with Crippen molar-refractivity contribution in [3.8, 4) is 11.1 Å². The van der Waals surface area contributed by atoms with Crippen LogP contribution in [0.25, 0.3) is 22.0 Å². The summed E-state index contributed by atoms with van der Waals surface area (Å²) in [6.45, 7) is 0.929. The van der Waals surface area contributed by atoms with Crippen molar-refractivity contribution in [3.05, 3.63) is 60.0 Å². The van der Waals surface area contributed by atoms with Crippen molar-refractivity contribution in [3.63, 3.8) is 0 Å². The van der Waals surface area contributed by atoms with E-state index in [0.29, 0.717) is 11.6 Å². The fraction of sp³-hybridized carbons (Fsp3) is 0.222. The molecule has 1 aromatic heterocycles. The summed E-state index contributed by atoms with van der Waals surface area (Å²) in [6.07, 6.45) is 3.12. The second-order valence-corrected chi connectivity index (χ2v) is 5.68. The lowest BCUT2D eigenvalue weighted by Gasteiger charge is -2.24. The number of rotatable bonds is 2. The Labute approximate surface area is 123 Å². The van der Waals surface area contributed by atoms with Gasteiger partial charge in [-0.15, -0.1) is 0 Å². The number of aromatic nitrogens is 1. The number of halogens is 1. The van der Waals surface area contributed by atoms with Crippen LogP contribution in [0.4, 0.5) is 4.39 Å². The van der Waals surface area contributed by atoms with Crippen LogP contribution in [-0.4, -0.2) is 17.7 Å². The van der Waals surface area contributed by atoms with Gasteiger partial charge in [0.05, 0.1) is 5.52 Å². The third-order valence-corrected chi connectivity index (χ3v) is 4.44. The smallest absolute Gasteiger partial charge is 0.131 e. The standard InChI is InChI=1S/C18H17FN2/c1-20-13-9-12-5-4-7-15-16(11-21(10-13)18(12)15)14-6-2-3-8-17(14)19/h2-8,11,13,20H,9-10H2,1H3/t13-/m1/s1. The summed E-state index contributed by atoms with van der Waals surface area (Å²) in [5.74, 6) is -0.161. The van der Waals surface area contributed by atoms with E-state index in [9.17, 15) is 4.39 Å². The van der Waals surface area contributed by atoms with E-state index in [1.165, 1.54) is 17.1 Å². The number of nitrogens with zero attached hydrogens (tertiary/aromatic N) is 1. The van der Waals surface area contributed by atoms with E-state index in [1.807, 2.05) is 19.2 Å². The van der Waals surface area contributed by atoms with Crippen LogP contribution < -0.4 is 5.32 Å². The van der Waals surface area contributed by atoms with Gasteiger partial charge in [0.15, 0.2) is 0 Å². The van der Waals surface area contributed by atoms with Crippen molar-refractivity contribution >= 4 is 10.9 Å². The van der Waals surface area contributed by atoms with Crippen molar-refractivity contribution in [2.75, 3.05) is 7.05 Å². The minimum Gasteiger partial charge on any atom is -0.345 e. The van der Waals surface area contributed by atoms with Crippen LogP contribution in [0.1, 0.15) is 5.56 Å². The molecule has 3 heteroatoms. The maximum absolute atomic E-state index is 14.2. The summed E-state index contributed by atoms with van der Waals surface area (Å²) in [4.78, 5) is 0. The van der Waals surface area contributed by atoms with Crippen molar-refractivity contribution in [1.29, 1.82) is 0 Å². The molecular weight excluding hydrogens is 263 g/mol. The van der Waals surface area contributed by atoms with Crippen LogP contribution in [0.5, 0.6) is 0 Å². The fourth-order valence-corrected chi connectivity index (χ4v) is 3.40. The Balaban J connectivity index is 1.99. The summed E-state index contributed by atoms with van der Waals surface area (Å²) >= 11 is 0. The minimum absolute atomic E-state index is 0.161. The third-order valence-electron chi connectivity index (χ3n) is 4.44. The fourth-order valence-electron chi connectivity index (χ4n) is 3.40. The molecule has 21 heavy (non-hydrogen) atoms. The zero-order valence-corrected chi connectivity index (χ0v) is 11.9. The highest BCUT2D eigenvalue weighted by Gasteiger charge is 2.22. The molecule has 0 fully saturated rings. The molecule has 2 aromatic carbocycles. The van der Waals surface area contributed by atoms with Gasteiger partial charge in [0, 0.05) is 35.3 Å². The highest BCUT2D eigenvalue weighted by Crippen LogP contribution is 2.36. The molecule has 3 aromatic rings. The molecule has 106 valence electrons. The van der Waals surface area contributed by atoms with Crippen LogP contribution >= 0.6 is 0 Å². The van der Waals surface area contributed by atoms with Gasteiger partial charge in [0.25, 0.3) is 0 Å². The number of benzene rings is 2. The van der Waals surface area contributed by atoms with Crippen LogP contribution in [0.3, 0.4) is 0 Å². The molecule has 2 nitrogen and oxygen atoms in total. The van der Waals surface area contributed by atoms with Gasteiger partial charge >= 0.3 is 0 Å². The van der Waals surface area contributed by atoms with Crippen molar-refractivity contribution in [1.82, 2.24) is 9.88 Å². The average Bonchev–Trinajstić information content (AvgIpc) is 2.88. The summed E-state index contributed by atoms with van der Waals surface area (Å²) in [5, 5.41) is 4.50. The summed E-state index contributed by atoms with van der Waals surface area (Å²) in [7, 11) is 2.00. The lowest BCUT2D eigenvalue weighted by molar-refractivity contribution is 0.471. The van der Waals surface area contributed by atoms with E-state index in [-0.39, 0.29) is 5.82 Å². The molecule has 0 saturated carbocycles. The molecule has 0 bridgehead atoms. The van der Waals surface area contributed by atoms with E-state index < -0.39 is 0 Å². The van der Waals surface area contributed by atoms with E-state index in [1.54, 1.807) is 6.07 Å². The molecule has 0 amide bonds. The van der Waals surface area contributed by atoms with Gasteiger partial charge in [0.1, 0.15) is 5.82 Å². The van der Waals surface area contributed by atoms with E-state index in [0.717, 1.165) is 23.9 Å². The first-order chi connectivity index (χ1) is 10.3. The van der Waals surface area contributed by atoms with Gasteiger partial charge in [0.2, 0.25) is 0 Å². The largest absolute Gasteiger partial charge is 0.345 e. The Morgan fingerprint density at radius 1 is 1.10 bits per heavy atom. The number of hydrogen-bond donors (Lipinski definition) is 1. The number of hydrogen-bond acceptors (Lipinski definition) is 1. The van der Waals surface area contributed by atoms with Gasteiger partial charge in [-0.1, -0.05) is 36.4 Å². The molecule has 0 radical (unpaired) electrons. The first-order valence-electron chi connectivity index (χ1n) is 7.31. The van der Waals surface area contributed by atoms with Crippen LogP contribution in [0, 0.1) is 5.82 Å². The van der Waals surface area contributed by atoms with Crippen LogP contribution in [-0.2, 0) is 13.0 Å². The second kappa shape index (κ2) is 4.71. The summed E-state index contributed by atoms with van der Waals surface area (Å²) < 4.78 is 16.4. The molecular formula is C18H17FN2. The van der Waals surface area contributed by atoms with Crippen molar-refractivity contribution in [2.45, 2.75) is 19.0 Å². The predicted octanol–water partition coefficient (Wildman–Crippen LogP) is 3.59. The molecule has 0 aliphatic carbocycles. The lowest BCUT2D eigenvalue weighted by atomic mass is 9.98. The van der Waals surface area contributed by atoms with Crippen LogP contribution in [0.15, 0.2) is 48.7 Å². The van der Waals surface area contributed by atoms with Gasteiger partial charge < -0.3 is 9.88 Å². The average molecular weight is 280 g/mol. The molecule has 0 saturated heterocycles. The minimum atomic E-state index is -0.161. The van der Waals surface area contributed by atoms with Crippen LogP contribution in [0.2, 0.25) is 0 Å². The normalized spacial score (nSPS) is 17.3. The molecule has 1 atom stereocenters. The molecule has 1 aliphatic heterocycles. The third kappa shape index (κ3) is 1.88. The molecule has 0 spiro atoms. The van der Waals surface area contributed by atoms with Crippen molar-refractivity contribution < 1.29 is 4.39 Å². The number of para-hydroxylation sites is 1. The topological polar surface area (TPSA) is 17.0 Å². The first kappa shape index (κ1) is 12.6. The Hall–Kier alpha value is -2.13. The quantitative estimate of drug-likeness (QED) is 0.759. The number of nitrogens with one attached hydrogen (secondary N) is 1. The Kier molecular flexibility index (Phi) is 2.82. The van der Waals surface area contributed by atoms with Gasteiger partial charge in [-0.25, -0.2) is 4.39 Å². The first-order valence-corrected chi connectivity index (χ1v) is 7.31. The maximum Gasteiger partial charge on any atom is 0.131 e. The highest BCUT2D eigenvalue weighted by atomic mass is 19.1. The SMILES string of the molecule is CN[C@@H]1Cc2cccc3c(-c4ccccc4F)cn(c23)C1. The lowest BCUT2D eigenvalue weighted by Crippen LogP contribution is -2.34. The molecule has 0 unspecified atom stereocenters. The molecule has 1 aliphatic rings. The van der Waals surface area contributed by atoms with Gasteiger partial charge in [-0.3, -0.25) is 0 Å². The second-order valence-electron chi connectivity index (χ2n) is 5.68. The highest BCUT2D eigenvalue weighted by molar-refractivity contribution is 5.98. The monoisotopic (exact) mass is 280 g/mol. The summed E-state index contributed by atoms with van der Waals surface area (Å²) in [5.41, 5.74) is 4.26. The maximum atomic E-state index is 14.2. The molecule has 2 heterocycles. The number of likely N-dealkylation sites (N-methyl/N-ethyl adjacent to an activating group) is 1. The van der Waals surface area contributed by atoms with E-state index in [4.69, 9.17) is 0 Å². The summed E-state index contributed by atoms with van der Waals surface area (Å²) in [6, 6.07) is 13.8.